The summed E-state index contributed by atoms with van der Waals surface area (Å²) >= 11 is 1.60. The maximum absolute atomic E-state index is 12.8. The Labute approximate surface area is 191 Å². The van der Waals surface area contributed by atoms with Gasteiger partial charge in [-0.1, -0.05) is 44.2 Å². The van der Waals surface area contributed by atoms with E-state index in [9.17, 15) is 9.59 Å². The molecule has 0 fully saturated rings. The Morgan fingerprint density at radius 2 is 2.00 bits per heavy atom. The number of ether oxygens (including phenoxy) is 2. The fourth-order valence-electron chi connectivity index (χ4n) is 3.46. The molecular weight excluding hydrogens is 424 g/mol. The first-order chi connectivity index (χ1) is 15.4. The first kappa shape index (κ1) is 22.0. The maximum Gasteiger partial charge on any atom is 0.326 e. The number of rotatable bonds is 7. The van der Waals surface area contributed by atoms with Crippen molar-refractivity contribution in [2.45, 2.75) is 33.3 Å². The minimum Gasteiger partial charge on any atom is -0.479 e. The second kappa shape index (κ2) is 9.53. The van der Waals surface area contributed by atoms with Crippen molar-refractivity contribution in [3.8, 4) is 17.0 Å². The molecule has 166 valence electrons. The molecule has 0 spiro atoms. The Hall–Kier alpha value is -3.19. The van der Waals surface area contributed by atoms with Crippen LogP contribution in [0.4, 0.5) is 5.69 Å². The van der Waals surface area contributed by atoms with Crippen LogP contribution in [0.2, 0.25) is 0 Å². The SMILES string of the molecule is CC(C)COC(=O)CN1C(=O)C(C)Oc2ccc(-c3csc(Cc4ccccc4)n3)cc21. The summed E-state index contributed by atoms with van der Waals surface area (Å²) in [5.41, 5.74) is 3.46. The van der Waals surface area contributed by atoms with Crippen LogP contribution < -0.4 is 9.64 Å². The van der Waals surface area contributed by atoms with Crippen LogP contribution in [0.5, 0.6) is 5.75 Å². The summed E-state index contributed by atoms with van der Waals surface area (Å²) < 4.78 is 11.1. The number of thiazole rings is 1. The van der Waals surface area contributed by atoms with Gasteiger partial charge >= 0.3 is 5.97 Å². The van der Waals surface area contributed by atoms with Crippen LogP contribution in [0.1, 0.15) is 31.3 Å². The van der Waals surface area contributed by atoms with Crippen LogP contribution in [0.15, 0.2) is 53.9 Å². The van der Waals surface area contributed by atoms with Gasteiger partial charge in [-0.2, -0.15) is 0 Å². The molecule has 6 nitrogen and oxygen atoms in total. The minimum absolute atomic E-state index is 0.147. The van der Waals surface area contributed by atoms with Crippen molar-refractivity contribution in [1.29, 1.82) is 0 Å². The first-order valence-corrected chi connectivity index (χ1v) is 11.5. The van der Waals surface area contributed by atoms with Gasteiger partial charge in [-0.25, -0.2) is 4.98 Å². The van der Waals surface area contributed by atoms with Crippen molar-refractivity contribution < 1.29 is 19.1 Å². The van der Waals surface area contributed by atoms with Crippen LogP contribution in [-0.4, -0.2) is 36.1 Å². The van der Waals surface area contributed by atoms with E-state index in [0.717, 1.165) is 22.7 Å². The Morgan fingerprint density at radius 3 is 2.75 bits per heavy atom. The smallest absolute Gasteiger partial charge is 0.326 e. The van der Waals surface area contributed by atoms with E-state index in [-0.39, 0.29) is 18.4 Å². The Balaban J connectivity index is 1.57. The first-order valence-electron chi connectivity index (χ1n) is 10.7. The van der Waals surface area contributed by atoms with Crippen molar-refractivity contribution >= 4 is 28.9 Å². The lowest BCUT2D eigenvalue weighted by Crippen LogP contribution is -2.47. The third-order valence-electron chi connectivity index (χ3n) is 5.08. The number of amides is 1. The molecule has 32 heavy (non-hydrogen) atoms. The molecule has 1 aromatic heterocycles. The maximum atomic E-state index is 12.8. The second-order valence-electron chi connectivity index (χ2n) is 8.23. The predicted molar refractivity (Wildman–Crippen MR) is 125 cm³/mol. The van der Waals surface area contributed by atoms with Gasteiger partial charge in [0, 0.05) is 17.4 Å². The minimum atomic E-state index is -0.664. The van der Waals surface area contributed by atoms with Crippen LogP contribution >= 0.6 is 11.3 Å². The number of esters is 1. The van der Waals surface area contributed by atoms with Gasteiger partial charge in [0.15, 0.2) is 6.10 Å². The van der Waals surface area contributed by atoms with Crippen molar-refractivity contribution in [2.75, 3.05) is 18.1 Å². The molecule has 1 aliphatic rings. The lowest BCUT2D eigenvalue weighted by atomic mass is 10.1. The molecule has 4 rings (SSSR count). The average Bonchev–Trinajstić information content (AvgIpc) is 3.24. The normalized spacial score (nSPS) is 15.4. The van der Waals surface area contributed by atoms with E-state index in [1.807, 2.05) is 55.6 Å². The number of benzene rings is 2. The van der Waals surface area contributed by atoms with Gasteiger partial charge in [-0.3, -0.25) is 14.5 Å². The monoisotopic (exact) mass is 450 g/mol. The zero-order valence-corrected chi connectivity index (χ0v) is 19.2. The van der Waals surface area contributed by atoms with Gasteiger partial charge in [0.05, 0.1) is 23.0 Å². The van der Waals surface area contributed by atoms with Crippen molar-refractivity contribution in [1.82, 2.24) is 4.98 Å². The standard InChI is InChI=1S/C25H26N2O4S/c1-16(2)14-30-24(28)13-27-21-12-19(9-10-22(21)31-17(3)25(27)29)20-15-32-23(26-20)11-18-7-5-4-6-8-18/h4-10,12,15-17H,11,13-14H2,1-3H3. The molecule has 0 saturated heterocycles. The number of fused-ring (bicyclic) bond motifs is 1. The molecule has 2 aromatic carbocycles. The number of hydrogen-bond donors (Lipinski definition) is 0. The van der Waals surface area contributed by atoms with Gasteiger partial charge in [0.2, 0.25) is 0 Å². The van der Waals surface area contributed by atoms with Crippen molar-refractivity contribution in [3.63, 3.8) is 0 Å². The van der Waals surface area contributed by atoms with Crippen LogP contribution in [0.25, 0.3) is 11.3 Å². The van der Waals surface area contributed by atoms with E-state index in [1.54, 1.807) is 18.3 Å². The highest BCUT2D eigenvalue weighted by atomic mass is 32.1. The van der Waals surface area contributed by atoms with Crippen molar-refractivity contribution in [3.05, 3.63) is 64.5 Å². The van der Waals surface area contributed by atoms with E-state index in [2.05, 4.69) is 12.1 Å². The van der Waals surface area contributed by atoms with Crippen LogP contribution in [0.3, 0.4) is 0 Å². The molecule has 0 radical (unpaired) electrons. The van der Waals surface area contributed by atoms with Gasteiger partial charge in [0.1, 0.15) is 12.3 Å². The van der Waals surface area contributed by atoms with Crippen LogP contribution in [0, 0.1) is 5.92 Å². The molecular formula is C25H26N2O4S. The highest BCUT2D eigenvalue weighted by molar-refractivity contribution is 7.10. The molecule has 0 aliphatic carbocycles. The molecule has 1 unspecified atom stereocenters. The van der Waals surface area contributed by atoms with E-state index in [4.69, 9.17) is 14.5 Å². The highest BCUT2D eigenvalue weighted by Crippen LogP contribution is 2.38. The summed E-state index contributed by atoms with van der Waals surface area (Å²) in [6.45, 7) is 5.80. The zero-order chi connectivity index (χ0) is 22.7. The topological polar surface area (TPSA) is 68.7 Å². The summed E-state index contributed by atoms with van der Waals surface area (Å²) in [5.74, 6) is 0.0969. The van der Waals surface area contributed by atoms with Crippen LogP contribution in [-0.2, 0) is 20.7 Å². The summed E-state index contributed by atoms with van der Waals surface area (Å²) in [6, 6.07) is 15.8. The number of nitrogens with zero attached hydrogens (tertiary/aromatic N) is 2. The highest BCUT2D eigenvalue weighted by Gasteiger charge is 2.33. The van der Waals surface area contributed by atoms with E-state index in [1.165, 1.54) is 10.5 Å². The predicted octanol–water partition coefficient (Wildman–Crippen LogP) is 4.71. The summed E-state index contributed by atoms with van der Waals surface area (Å²) in [5, 5.41) is 3.02. The second-order valence-corrected chi connectivity index (χ2v) is 9.18. The molecule has 2 heterocycles. The fourth-order valence-corrected chi connectivity index (χ4v) is 4.30. The largest absolute Gasteiger partial charge is 0.479 e. The number of carbonyl (C=O) groups is 2. The molecule has 3 aromatic rings. The number of carbonyl (C=O) groups excluding carboxylic acids is 2. The number of hydrogen-bond acceptors (Lipinski definition) is 6. The molecule has 1 aliphatic heterocycles. The van der Waals surface area contributed by atoms with Gasteiger partial charge in [0.25, 0.3) is 5.91 Å². The molecule has 7 heteroatoms. The molecule has 0 N–H and O–H groups in total. The zero-order valence-electron chi connectivity index (χ0n) is 18.4. The van der Waals surface area contributed by atoms with Gasteiger partial charge in [-0.05, 0) is 36.6 Å². The lowest BCUT2D eigenvalue weighted by molar-refractivity contribution is -0.144. The Morgan fingerprint density at radius 1 is 1.22 bits per heavy atom. The lowest BCUT2D eigenvalue weighted by Gasteiger charge is -2.32. The Bertz CT molecular complexity index is 1110. The molecule has 0 saturated carbocycles. The van der Waals surface area contributed by atoms with E-state index in [0.29, 0.717) is 18.0 Å². The van der Waals surface area contributed by atoms with E-state index >= 15 is 0 Å². The van der Waals surface area contributed by atoms with Gasteiger partial charge < -0.3 is 9.47 Å². The Kier molecular flexibility index (Phi) is 6.55. The van der Waals surface area contributed by atoms with Crippen molar-refractivity contribution in [2.24, 2.45) is 5.92 Å². The molecule has 0 bridgehead atoms. The van der Waals surface area contributed by atoms with Gasteiger partial charge in [-0.15, -0.1) is 11.3 Å². The molecule has 1 amide bonds. The third-order valence-corrected chi connectivity index (χ3v) is 5.93. The number of aromatic nitrogens is 1. The summed E-state index contributed by atoms with van der Waals surface area (Å²) in [4.78, 5) is 31.4. The fraction of sp³-hybridized carbons (Fsp3) is 0.320. The average molecular weight is 451 g/mol. The molecule has 1 atom stereocenters. The summed E-state index contributed by atoms with van der Waals surface area (Å²) in [6.07, 6.45) is 0.103. The van der Waals surface area contributed by atoms with E-state index < -0.39 is 12.1 Å². The summed E-state index contributed by atoms with van der Waals surface area (Å²) in [7, 11) is 0. The number of anilines is 1. The quantitative estimate of drug-likeness (QED) is 0.488. The third kappa shape index (κ3) is 4.99.